The number of carbonyl (C=O) groups is 1. The summed E-state index contributed by atoms with van der Waals surface area (Å²) in [5.74, 6) is 0.0346. The van der Waals surface area contributed by atoms with Gasteiger partial charge in [0.15, 0.2) is 0 Å². The lowest BCUT2D eigenvalue weighted by atomic mass is 10.2. The highest BCUT2D eigenvalue weighted by atomic mass is 16.1. The first-order valence-electron chi connectivity index (χ1n) is 4.89. The molecule has 0 aromatic carbocycles. The zero-order valence-corrected chi connectivity index (χ0v) is 8.25. The van der Waals surface area contributed by atoms with E-state index in [1.165, 1.54) is 12.5 Å². The van der Waals surface area contributed by atoms with Crippen LogP contribution < -0.4 is 5.56 Å². The van der Waals surface area contributed by atoms with Crippen molar-refractivity contribution < 1.29 is 4.79 Å². The van der Waals surface area contributed by atoms with Gasteiger partial charge in [-0.25, -0.2) is 0 Å². The molecular formula is C11H13NO2. The number of rotatable bonds is 2. The molecule has 0 amide bonds. The van der Waals surface area contributed by atoms with Crippen molar-refractivity contribution in [2.45, 2.75) is 32.7 Å². The molecule has 0 atom stereocenters. The van der Waals surface area contributed by atoms with E-state index in [1.807, 2.05) is 6.07 Å². The zero-order valence-electron chi connectivity index (χ0n) is 8.25. The van der Waals surface area contributed by atoms with Gasteiger partial charge in [0.2, 0.25) is 0 Å². The molecule has 0 aliphatic heterocycles. The fraction of sp³-hybridized carbons (Fsp3) is 0.455. The first kappa shape index (κ1) is 9.19. The Bertz CT molecular complexity index is 431. The number of carbonyl (C=O) groups excluding carboxylic acids is 1. The van der Waals surface area contributed by atoms with Crippen LogP contribution in [0, 0.1) is 0 Å². The van der Waals surface area contributed by atoms with Gasteiger partial charge in [0.05, 0.1) is 6.54 Å². The predicted octanol–water partition coefficient (Wildman–Crippen LogP) is 0.926. The summed E-state index contributed by atoms with van der Waals surface area (Å²) in [6.07, 6.45) is 3.06. The summed E-state index contributed by atoms with van der Waals surface area (Å²) in [5, 5.41) is 0. The molecule has 0 saturated heterocycles. The lowest BCUT2D eigenvalue weighted by Gasteiger charge is -2.09. The van der Waals surface area contributed by atoms with E-state index in [-0.39, 0.29) is 17.9 Å². The summed E-state index contributed by atoms with van der Waals surface area (Å²) < 4.78 is 1.62. The maximum Gasteiger partial charge on any atom is 0.251 e. The first-order chi connectivity index (χ1) is 6.68. The standard InChI is InChI=1S/C11H13NO2/c1-8(13)7-12-10-4-2-3-9(10)5-6-11(12)14/h5-6H,2-4,7H2,1H3. The largest absolute Gasteiger partial charge is 0.305 e. The van der Waals surface area contributed by atoms with Gasteiger partial charge in [-0.15, -0.1) is 0 Å². The van der Waals surface area contributed by atoms with E-state index >= 15 is 0 Å². The van der Waals surface area contributed by atoms with Gasteiger partial charge in [0, 0.05) is 11.8 Å². The SMILES string of the molecule is CC(=O)Cn1c2c(ccc1=O)CCC2. The van der Waals surface area contributed by atoms with Crippen LogP contribution >= 0.6 is 0 Å². The first-order valence-corrected chi connectivity index (χ1v) is 4.89. The van der Waals surface area contributed by atoms with Crippen LogP contribution in [0.5, 0.6) is 0 Å². The smallest absolute Gasteiger partial charge is 0.251 e. The number of ketones is 1. The van der Waals surface area contributed by atoms with Crippen molar-refractivity contribution in [1.29, 1.82) is 0 Å². The van der Waals surface area contributed by atoms with Crippen molar-refractivity contribution >= 4 is 5.78 Å². The number of aryl methyl sites for hydroxylation is 1. The summed E-state index contributed by atoms with van der Waals surface area (Å²) in [4.78, 5) is 22.5. The minimum absolute atomic E-state index is 0.0346. The van der Waals surface area contributed by atoms with Crippen molar-refractivity contribution in [3.8, 4) is 0 Å². The van der Waals surface area contributed by atoms with Crippen molar-refractivity contribution in [2.24, 2.45) is 0 Å². The van der Waals surface area contributed by atoms with E-state index in [1.54, 1.807) is 10.6 Å². The van der Waals surface area contributed by atoms with Crippen molar-refractivity contribution in [2.75, 3.05) is 0 Å². The fourth-order valence-electron chi connectivity index (χ4n) is 2.03. The highest BCUT2D eigenvalue weighted by Gasteiger charge is 2.15. The molecule has 0 N–H and O–H groups in total. The van der Waals surface area contributed by atoms with Gasteiger partial charge >= 0.3 is 0 Å². The molecule has 0 radical (unpaired) electrons. The van der Waals surface area contributed by atoms with Crippen LogP contribution in [0.2, 0.25) is 0 Å². The Morgan fingerprint density at radius 3 is 2.93 bits per heavy atom. The molecule has 3 heteroatoms. The topological polar surface area (TPSA) is 39.1 Å². The normalized spacial score (nSPS) is 14.1. The van der Waals surface area contributed by atoms with Crippen LogP contribution in [-0.4, -0.2) is 10.4 Å². The lowest BCUT2D eigenvalue weighted by molar-refractivity contribution is -0.117. The van der Waals surface area contributed by atoms with E-state index in [9.17, 15) is 9.59 Å². The third-order valence-corrected chi connectivity index (χ3v) is 2.63. The molecule has 0 unspecified atom stereocenters. The summed E-state index contributed by atoms with van der Waals surface area (Å²) in [6.45, 7) is 1.74. The lowest BCUT2D eigenvalue weighted by Crippen LogP contribution is -2.25. The molecule has 1 heterocycles. The summed E-state index contributed by atoms with van der Waals surface area (Å²) >= 11 is 0. The minimum atomic E-state index is -0.0548. The molecule has 1 aromatic heterocycles. The quantitative estimate of drug-likeness (QED) is 0.697. The van der Waals surface area contributed by atoms with E-state index < -0.39 is 0 Å². The molecule has 0 spiro atoms. The van der Waals surface area contributed by atoms with Gasteiger partial charge < -0.3 is 4.57 Å². The Morgan fingerprint density at radius 1 is 1.43 bits per heavy atom. The van der Waals surface area contributed by atoms with Crippen LogP contribution in [0.4, 0.5) is 0 Å². The van der Waals surface area contributed by atoms with Gasteiger partial charge in [-0.05, 0) is 31.7 Å². The summed E-state index contributed by atoms with van der Waals surface area (Å²) in [6, 6.07) is 3.45. The molecular weight excluding hydrogens is 178 g/mol. The molecule has 2 rings (SSSR count). The number of fused-ring (bicyclic) bond motifs is 1. The van der Waals surface area contributed by atoms with E-state index in [0.717, 1.165) is 25.0 Å². The maximum atomic E-state index is 11.5. The van der Waals surface area contributed by atoms with Crippen LogP contribution in [0.25, 0.3) is 0 Å². The van der Waals surface area contributed by atoms with Crippen LogP contribution in [-0.2, 0) is 24.2 Å². The van der Waals surface area contributed by atoms with E-state index in [0.29, 0.717) is 0 Å². The van der Waals surface area contributed by atoms with E-state index in [4.69, 9.17) is 0 Å². The van der Waals surface area contributed by atoms with Crippen LogP contribution in [0.15, 0.2) is 16.9 Å². The number of nitrogens with zero attached hydrogens (tertiary/aromatic N) is 1. The molecule has 0 saturated carbocycles. The average molecular weight is 191 g/mol. The van der Waals surface area contributed by atoms with Gasteiger partial charge in [-0.2, -0.15) is 0 Å². The van der Waals surface area contributed by atoms with E-state index in [2.05, 4.69) is 0 Å². The van der Waals surface area contributed by atoms with Gasteiger partial charge in [-0.1, -0.05) is 6.07 Å². The number of hydrogen-bond acceptors (Lipinski definition) is 2. The highest BCUT2D eigenvalue weighted by Crippen LogP contribution is 2.19. The number of pyridine rings is 1. The molecule has 1 aliphatic carbocycles. The van der Waals surface area contributed by atoms with Gasteiger partial charge in [-0.3, -0.25) is 9.59 Å². The van der Waals surface area contributed by atoms with Crippen molar-refractivity contribution in [1.82, 2.24) is 4.57 Å². The second-order valence-electron chi connectivity index (χ2n) is 3.79. The van der Waals surface area contributed by atoms with Crippen LogP contribution in [0.1, 0.15) is 24.6 Å². The summed E-state index contributed by atoms with van der Waals surface area (Å²) in [7, 11) is 0. The summed E-state index contributed by atoms with van der Waals surface area (Å²) in [5.41, 5.74) is 2.24. The maximum absolute atomic E-state index is 11.5. The predicted molar refractivity (Wildman–Crippen MR) is 53.4 cm³/mol. The molecule has 74 valence electrons. The molecule has 14 heavy (non-hydrogen) atoms. The number of Topliss-reactive ketones (excluding diaryl/α,β-unsaturated/α-hetero) is 1. The minimum Gasteiger partial charge on any atom is -0.305 e. The third kappa shape index (κ3) is 1.50. The zero-order chi connectivity index (χ0) is 10.1. The van der Waals surface area contributed by atoms with Crippen LogP contribution in [0.3, 0.4) is 0 Å². The molecule has 1 aromatic rings. The van der Waals surface area contributed by atoms with Crippen molar-refractivity contribution in [3.63, 3.8) is 0 Å². The van der Waals surface area contributed by atoms with Gasteiger partial charge in [0.1, 0.15) is 5.78 Å². The number of aromatic nitrogens is 1. The Kier molecular flexibility index (Phi) is 2.23. The number of hydrogen-bond donors (Lipinski definition) is 0. The second-order valence-corrected chi connectivity index (χ2v) is 3.79. The highest BCUT2D eigenvalue weighted by molar-refractivity contribution is 5.75. The van der Waals surface area contributed by atoms with Crippen molar-refractivity contribution in [3.05, 3.63) is 33.7 Å². The molecule has 0 bridgehead atoms. The molecule has 0 fully saturated rings. The Morgan fingerprint density at radius 2 is 2.21 bits per heavy atom. The Hall–Kier alpha value is -1.38. The third-order valence-electron chi connectivity index (χ3n) is 2.63. The second kappa shape index (κ2) is 3.40. The fourth-order valence-corrected chi connectivity index (χ4v) is 2.03. The average Bonchev–Trinajstić information content (AvgIpc) is 2.57. The molecule has 3 nitrogen and oxygen atoms in total. The Balaban J connectivity index is 2.51. The van der Waals surface area contributed by atoms with Gasteiger partial charge in [0.25, 0.3) is 5.56 Å². The Labute approximate surface area is 82.4 Å². The monoisotopic (exact) mass is 191 g/mol. The molecule has 1 aliphatic rings.